The van der Waals surface area contributed by atoms with Crippen LogP contribution in [-0.4, -0.2) is 124 Å². The number of rotatable bonds is 18. The highest BCUT2D eigenvalue weighted by atomic mass is 32.2. The van der Waals surface area contributed by atoms with Gasteiger partial charge in [-0.25, -0.2) is 0 Å². The maximum atomic E-state index is 14.9. The molecule has 326 valence electrons. The first kappa shape index (κ1) is 47.6. The van der Waals surface area contributed by atoms with Crippen LogP contribution in [0, 0.1) is 11.8 Å². The maximum Gasteiger partial charge on any atom is 0.290 e. The van der Waals surface area contributed by atoms with Crippen molar-refractivity contribution >= 4 is 70.7 Å². The second-order valence-electron chi connectivity index (χ2n) is 16.5. The van der Waals surface area contributed by atoms with Gasteiger partial charge >= 0.3 is 0 Å². The number of benzene rings is 1. The Morgan fingerprint density at radius 3 is 2.12 bits per heavy atom. The Morgan fingerprint density at radius 2 is 1.53 bits per heavy atom. The molecule has 59 heavy (non-hydrogen) atoms. The fourth-order valence-electron chi connectivity index (χ4n) is 8.00. The summed E-state index contributed by atoms with van der Waals surface area (Å²) in [4.78, 5) is 111. The van der Waals surface area contributed by atoms with Crippen molar-refractivity contribution in [3.63, 3.8) is 0 Å². The van der Waals surface area contributed by atoms with Crippen LogP contribution in [0.15, 0.2) is 30.3 Å². The average molecular weight is 858 g/mol. The first-order valence-electron chi connectivity index (χ1n) is 20.9. The number of amides is 7. The quantitative estimate of drug-likeness (QED) is 0.137. The number of nitrogens with zero attached hydrogens (tertiary/aromatic N) is 2. The highest BCUT2D eigenvalue weighted by molar-refractivity contribution is 8.18. The van der Waals surface area contributed by atoms with Crippen molar-refractivity contribution < 1.29 is 38.4 Å². The fraction of sp³-hybridized carbons (Fsp3) is 0.667. The molecule has 2 aliphatic heterocycles. The Morgan fingerprint density at radius 1 is 0.864 bits per heavy atom. The van der Waals surface area contributed by atoms with E-state index < -0.39 is 70.2 Å². The number of likely N-dealkylation sites (N-methyl/N-ethyl adjacent to an activating group) is 1. The summed E-state index contributed by atoms with van der Waals surface area (Å²) in [5.41, 5.74) is 0.548. The highest BCUT2D eigenvalue weighted by Gasteiger charge is 2.52. The lowest BCUT2D eigenvalue weighted by molar-refractivity contribution is -0.145. The number of carbonyl (C=O) groups is 8. The minimum atomic E-state index is -1.23. The van der Waals surface area contributed by atoms with E-state index in [1.165, 1.54) is 11.8 Å². The molecular weight excluding hydrogens is 795 g/mol. The van der Waals surface area contributed by atoms with Crippen molar-refractivity contribution in [2.24, 2.45) is 11.8 Å². The SMILES string of the molecule is CCCC(NC(=O)C1CC2(CN1C(=O)C(NC(=O)C(CC(C)C)NC(C)=O)C1CCCCC1)SCCCS2)C(=O)C(=O)NCC(=O)NC(C(=O)N(C)C)c1ccccc1. The lowest BCUT2D eigenvalue weighted by atomic mass is 9.83. The normalized spacial score (nSPS) is 19.8. The Hall–Kier alpha value is -4.12. The summed E-state index contributed by atoms with van der Waals surface area (Å²) in [7, 11) is 3.12. The van der Waals surface area contributed by atoms with Gasteiger partial charge in [0.2, 0.25) is 41.2 Å². The fourth-order valence-corrected chi connectivity index (χ4v) is 11.3. The second-order valence-corrected chi connectivity index (χ2v) is 19.7. The Labute approximate surface area is 356 Å². The zero-order chi connectivity index (χ0) is 43.3. The Bertz CT molecular complexity index is 1670. The number of carbonyl (C=O) groups excluding carboxylic acids is 8. The van der Waals surface area contributed by atoms with E-state index in [-0.39, 0.29) is 42.5 Å². The number of ketones is 1. The van der Waals surface area contributed by atoms with E-state index in [4.69, 9.17) is 0 Å². The molecule has 1 aromatic rings. The van der Waals surface area contributed by atoms with Crippen molar-refractivity contribution in [2.45, 2.75) is 126 Å². The number of hydrogen-bond acceptors (Lipinski definition) is 10. The number of thioether (sulfide) groups is 2. The summed E-state index contributed by atoms with van der Waals surface area (Å²) in [6.07, 6.45) is 6.55. The molecule has 1 spiro atoms. The van der Waals surface area contributed by atoms with Crippen molar-refractivity contribution in [2.75, 3.05) is 38.7 Å². The number of Topliss-reactive ketones (excluding diaryl/α,β-unsaturated/α-hetero) is 1. The van der Waals surface area contributed by atoms with Gasteiger partial charge in [0.15, 0.2) is 0 Å². The zero-order valence-corrected chi connectivity index (χ0v) is 36.9. The van der Waals surface area contributed by atoms with Crippen LogP contribution < -0.4 is 26.6 Å². The molecule has 0 radical (unpaired) electrons. The predicted molar refractivity (Wildman–Crippen MR) is 229 cm³/mol. The molecule has 0 bridgehead atoms. The van der Waals surface area contributed by atoms with E-state index in [0.717, 1.165) is 50.0 Å². The highest BCUT2D eigenvalue weighted by Crippen LogP contribution is 2.50. The minimum Gasteiger partial charge on any atom is -0.347 e. The molecule has 2 heterocycles. The van der Waals surface area contributed by atoms with Crippen molar-refractivity contribution in [3.8, 4) is 0 Å². The lowest BCUT2D eigenvalue weighted by Gasteiger charge is -2.36. The smallest absolute Gasteiger partial charge is 0.290 e. The van der Waals surface area contributed by atoms with Crippen LogP contribution in [0.5, 0.6) is 0 Å². The van der Waals surface area contributed by atoms with E-state index in [0.29, 0.717) is 24.8 Å². The van der Waals surface area contributed by atoms with Gasteiger partial charge < -0.3 is 36.4 Å². The molecule has 5 atom stereocenters. The molecule has 7 amide bonds. The molecule has 5 N–H and O–H groups in total. The topological polar surface area (TPSA) is 203 Å². The molecule has 1 aliphatic carbocycles. The van der Waals surface area contributed by atoms with Crippen LogP contribution in [0.4, 0.5) is 0 Å². The summed E-state index contributed by atoms with van der Waals surface area (Å²) in [6, 6.07) is 3.68. The van der Waals surface area contributed by atoms with Crippen molar-refractivity contribution in [3.05, 3.63) is 35.9 Å². The molecule has 0 aromatic heterocycles. The van der Waals surface area contributed by atoms with Crippen LogP contribution in [0.25, 0.3) is 0 Å². The van der Waals surface area contributed by atoms with Gasteiger partial charge in [-0.1, -0.05) is 76.8 Å². The van der Waals surface area contributed by atoms with Crippen molar-refractivity contribution in [1.29, 1.82) is 0 Å². The summed E-state index contributed by atoms with van der Waals surface area (Å²) >= 11 is 3.42. The molecule has 4 rings (SSSR count). The third kappa shape index (κ3) is 13.4. The third-order valence-electron chi connectivity index (χ3n) is 11.0. The van der Waals surface area contributed by atoms with Crippen LogP contribution in [0.3, 0.4) is 0 Å². The number of likely N-dealkylation sites (tertiary alicyclic amines) is 1. The molecule has 5 unspecified atom stereocenters. The number of hydrogen-bond donors (Lipinski definition) is 5. The van der Waals surface area contributed by atoms with Gasteiger partial charge in [-0.05, 0) is 61.0 Å². The molecule has 17 heteroatoms. The largest absolute Gasteiger partial charge is 0.347 e. The molecular formula is C42H63N7O8S2. The first-order chi connectivity index (χ1) is 28.1. The van der Waals surface area contributed by atoms with Crippen LogP contribution in [0.2, 0.25) is 0 Å². The van der Waals surface area contributed by atoms with Gasteiger partial charge in [0.25, 0.3) is 5.91 Å². The number of nitrogens with one attached hydrogen (secondary N) is 5. The second kappa shape index (κ2) is 22.5. The van der Waals surface area contributed by atoms with Gasteiger partial charge in [-0.2, -0.15) is 0 Å². The average Bonchev–Trinajstić information content (AvgIpc) is 3.58. The summed E-state index contributed by atoms with van der Waals surface area (Å²) in [5, 5.41) is 13.5. The molecule has 1 aromatic carbocycles. The molecule has 1 saturated carbocycles. The summed E-state index contributed by atoms with van der Waals surface area (Å²) in [6.45, 7) is 6.75. The molecule has 3 aliphatic rings. The van der Waals surface area contributed by atoms with E-state index in [1.54, 1.807) is 72.9 Å². The van der Waals surface area contributed by atoms with Gasteiger partial charge in [-0.15, -0.1) is 23.5 Å². The van der Waals surface area contributed by atoms with Gasteiger partial charge in [0.05, 0.1) is 16.7 Å². The maximum absolute atomic E-state index is 14.9. The van der Waals surface area contributed by atoms with Gasteiger partial charge in [0, 0.05) is 34.0 Å². The van der Waals surface area contributed by atoms with Gasteiger partial charge in [0.1, 0.15) is 24.2 Å². The first-order valence-corrected chi connectivity index (χ1v) is 22.9. The van der Waals surface area contributed by atoms with E-state index in [2.05, 4.69) is 26.6 Å². The Balaban J connectivity index is 1.52. The van der Waals surface area contributed by atoms with Crippen LogP contribution >= 0.6 is 23.5 Å². The van der Waals surface area contributed by atoms with Crippen LogP contribution in [0.1, 0.15) is 104 Å². The van der Waals surface area contributed by atoms with E-state index in [9.17, 15) is 38.4 Å². The van der Waals surface area contributed by atoms with E-state index >= 15 is 0 Å². The summed E-state index contributed by atoms with van der Waals surface area (Å²) < 4.78 is -0.464. The molecule has 2 saturated heterocycles. The predicted octanol–water partition coefficient (Wildman–Crippen LogP) is 2.69. The minimum absolute atomic E-state index is 0.0945. The lowest BCUT2D eigenvalue weighted by Crippen LogP contribution is -2.60. The Kier molecular flexibility index (Phi) is 18.1. The monoisotopic (exact) mass is 857 g/mol. The van der Waals surface area contributed by atoms with Gasteiger partial charge in [-0.3, -0.25) is 38.4 Å². The molecule has 3 fully saturated rings. The van der Waals surface area contributed by atoms with E-state index in [1.807, 2.05) is 20.8 Å². The third-order valence-corrected chi connectivity index (χ3v) is 14.3. The molecule has 15 nitrogen and oxygen atoms in total. The summed E-state index contributed by atoms with van der Waals surface area (Å²) in [5.74, 6) is -3.16. The van der Waals surface area contributed by atoms with Crippen LogP contribution in [-0.2, 0) is 38.4 Å². The zero-order valence-electron chi connectivity index (χ0n) is 35.3. The standard InChI is InChI=1S/C42H63N7O8S2/c1-7-15-30(36(52)39(55)43-24-33(51)46-34(40(56)48(5)6)28-16-10-8-11-17-28)45-38(54)32-23-42(58-20-14-21-59-42)25-49(32)41(57)35(29-18-12-9-13-19-29)47-37(53)31(22-26(2)3)44-27(4)50/h8,10-11,16-17,26,29-32,34-35H,7,9,12-15,18-25H2,1-6H3,(H,43,55)(H,44,50)(H,45,54)(H,46,51)(H,47,53). The van der Waals surface area contributed by atoms with Crippen molar-refractivity contribution in [1.82, 2.24) is 36.4 Å².